The molecule has 2 saturated carbocycles. The third-order valence-corrected chi connectivity index (χ3v) is 9.31. The van der Waals surface area contributed by atoms with Gasteiger partial charge in [-0.1, -0.05) is 32.1 Å². The van der Waals surface area contributed by atoms with Gasteiger partial charge in [0.25, 0.3) is 0 Å². The summed E-state index contributed by atoms with van der Waals surface area (Å²) in [4.78, 5) is 14.2. The first kappa shape index (κ1) is 18.3. The number of benzene rings is 1. The van der Waals surface area contributed by atoms with E-state index in [1.54, 1.807) is 0 Å². The molecule has 0 spiro atoms. The van der Waals surface area contributed by atoms with Gasteiger partial charge in [0.15, 0.2) is 0 Å². The Hall–Kier alpha value is -1.77. The summed E-state index contributed by atoms with van der Waals surface area (Å²) in [6, 6.07) is 7.98. The summed E-state index contributed by atoms with van der Waals surface area (Å²) in [6.45, 7) is 4.98. The summed E-state index contributed by atoms with van der Waals surface area (Å²) in [7, 11) is 1.98. The van der Waals surface area contributed by atoms with Crippen molar-refractivity contribution in [1.82, 2.24) is 4.90 Å². The van der Waals surface area contributed by atoms with Crippen molar-refractivity contribution in [3.8, 4) is 5.75 Å². The molecule has 1 amide bonds. The number of hydrogen-bond donors (Lipinski definition) is 1. The van der Waals surface area contributed by atoms with Crippen LogP contribution in [0.5, 0.6) is 5.75 Å². The fourth-order valence-corrected chi connectivity index (χ4v) is 7.83. The zero-order valence-corrected chi connectivity index (χ0v) is 17.4. The van der Waals surface area contributed by atoms with E-state index in [1.165, 1.54) is 36.9 Å². The van der Waals surface area contributed by atoms with Crippen LogP contribution in [0, 0.1) is 28.6 Å². The Bertz CT molecular complexity index is 827. The standard InChI is InChI=1S/C25H33NO2/c1-24-14-12-21-18(8-11-22-25(21,2)15-13-23(28)26(22)3)20(24)10-9-19(24)16-4-6-17(27)7-5-16/h4-7,11,18-21,27H,8-10,12-15H2,1-3H3/t18-,19?,20-,21+,24+,25+/m0/s1. The number of allylic oxidation sites excluding steroid dienone is 2. The van der Waals surface area contributed by atoms with E-state index in [0.717, 1.165) is 24.7 Å². The molecule has 5 rings (SSSR count). The summed E-state index contributed by atoms with van der Waals surface area (Å²) in [6.07, 6.45) is 10.4. The molecule has 1 N–H and O–H groups in total. The van der Waals surface area contributed by atoms with Crippen LogP contribution in [0.15, 0.2) is 36.0 Å². The van der Waals surface area contributed by atoms with Gasteiger partial charge in [0.1, 0.15) is 5.75 Å². The normalized spacial score (nSPS) is 42.5. The van der Waals surface area contributed by atoms with Gasteiger partial charge in [-0.15, -0.1) is 0 Å². The molecule has 1 unspecified atom stereocenters. The van der Waals surface area contributed by atoms with E-state index in [1.807, 2.05) is 24.1 Å². The largest absolute Gasteiger partial charge is 0.508 e. The van der Waals surface area contributed by atoms with Gasteiger partial charge in [0.2, 0.25) is 5.91 Å². The zero-order chi connectivity index (χ0) is 19.7. The number of carbonyl (C=O) groups excluding carboxylic acids is 1. The number of aromatic hydroxyl groups is 1. The van der Waals surface area contributed by atoms with E-state index >= 15 is 0 Å². The lowest BCUT2D eigenvalue weighted by molar-refractivity contribution is -0.135. The van der Waals surface area contributed by atoms with Crippen LogP contribution in [0.1, 0.15) is 70.3 Å². The molecular weight excluding hydrogens is 346 g/mol. The maximum absolute atomic E-state index is 12.3. The monoisotopic (exact) mass is 379 g/mol. The van der Waals surface area contributed by atoms with Crippen LogP contribution in [-0.2, 0) is 4.79 Å². The Kier molecular flexibility index (Phi) is 3.99. The minimum atomic E-state index is 0.170. The summed E-state index contributed by atoms with van der Waals surface area (Å²) < 4.78 is 0. The zero-order valence-electron chi connectivity index (χ0n) is 17.4. The van der Waals surface area contributed by atoms with Crippen LogP contribution in [0.2, 0.25) is 0 Å². The van der Waals surface area contributed by atoms with Gasteiger partial charge in [-0.2, -0.15) is 0 Å². The molecule has 1 aromatic rings. The van der Waals surface area contributed by atoms with Crippen LogP contribution in [-0.4, -0.2) is 23.0 Å². The molecule has 3 heteroatoms. The third-order valence-electron chi connectivity index (χ3n) is 9.31. The smallest absolute Gasteiger partial charge is 0.226 e. The average Bonchev–Trinajstić information content (AvgIpc) is 3.03. The van der Waals surface area contributed by atoms with E-state index in [0.29, 0.717) is 29.4 Å². The number of carbonyl (C=O) groups is 1. The quantitative estimate of drug-likeness (QED) is 0.703. The maximum atomic E-state index is 12.3. The fourth-order valence-electron chi connectivity index (χ4n) is 7.83. The molecule has 1 aromatic carbocycles. The molecule has 1 heterocycles. The predicted octanol–water partition coefficient (Wildman–Crippen LogP) is 5.46. The highest BCUT2D eigenvalue weighted by Crippen LogP contribution is 2.67. The van der Waals surface area contributed by atoms with Crippen molar-refractivity contribution in [2.24, 2.45) is 28.6 Å². The lowest BCUT2D eigenvalue weighted by Crippen LogP contribution is -2.53. The molecule has 0 aromatic heterocycles. The number of likely N-dealkylation sites (tertiary alicyclic amines) is 1. The van der Waals surface area contributed by atoms with Gasteiger partial charge in [0.05, 0.1) is 0 Å². The SMILES string of the molecule is CN1C(=O)CC[C@@]2(C)C1=CC[C@@H]1[C@H]2CC[C@]2(C)C(c3ccc(O)cc3)CC[C@@H]12. The Morgan fingerprint density at radius 2 is 1.79 bits per heavy atom. The van der Waals surface area contributed by atoms with Crippen LogP contribution >= 0.6 is 0 Å². The van der Waals surface area contributed by atoms with Crippen molar-refractivity contribution in [1.29, 1.82) is 0 Å². The van der Waals surface area contributed by atoms with Crippen LogP contribution in [0.4, 0.5) is 0 Å². The van der Waals surface area contributed by atoms with E-state index in [2.05, 4.69) is 32.1 Å². The second kappa shape index (κ2) is 6.11. The van der Waals surface area contributed by atoms with Gasteiger partial charge in [-0.05, 0) is 85.3 Å². The molecule has 28 heavy (non-hydrogen) atoms. The van der Waals surface area contributed by atoms with Gasteiger partial charge in [-0.25, -0.2) is 0 Å². The van der Waals surface area contributed by atoms with Gasteiger partial charge >= 0.3 is 0 Å². The van der Waals surface area contributed by atoms with Crippen molar-refractivity contribution in [3.05, 3.63) is 41.6 Å². The second-order valence-corrected chi connectivity index (χ2v) is 10.3. The van der Waals surface area contributed by atoms with Crippen molar-refractivity contribution in [2.45, 2.75) is 64.7 Å². The first-order valence-electron chi connectivity index (χ1n) is 11.1. The highest BCUT2D eigenvalue weighted by Gasteiger charge is 2.59. The maximum Gasteiger partial charge on any atom is 0.226 e. The Morgan fingerprint density at radius 1 is 1.04 bits per heavy atom. The van der Waals surface area contributed by atoms with Crippen LogP contribution < -0.4 is 0 Å². The number of amides is 1. The van der Waals surface area contributed by atoms with Gasteiger partial charge < -0.3 is 10.0 Å². The van der Waals surface area contributed by atoms with Crippen molar-refractivity contribution in [3.63, 3.8) is 0 Å². The van der Waals surface area contributed by atoms with E-state index in [4.69, 9.17) is 0 Å². The van der Waals surface area contributed by atoms with Crippen molar-refractivity contribution < 1.29 is 9.90 Å². The van der Waals surface area contributed by atoms with Gasteiger partial charge in [-0.3, -0.25) is 4.79 Å². The topological polar surface area (TPSA) is 40.5 Å². The number of fused-ring (bicyclic) bond motifs is 5. The lowest BCUT2D eigenvalue weighted by atomic mass is 9.48. The Morgan fingerprint density at radius 3 is 2.54 bits per heavy atom. The van der Waals surface area contributed by atoms with Crippen molar-refractivity contribution in [2.75, 3.05) is 7.05 Å². The fraction of sp³-hybridized carbons (Fsp3) is 0.640. The number of rotatable bonds is 1. The summed E-state index contributed by atoms with van der Waals surface area (Å²) in [5.41, 5.74) is 3.24. The molecule has 4 aliphatic rings. The van der Waals surface area contributed by atoms with E-state index in [-0.39, 0.29) is 11.3 Å². The minimum absolute atomic E-state index is 0.170. The van der Waals surface area contributed by atoms with E-state index < -0.39 is 0 Å². The highest BCUT2D eigenvalue weighted by molar-refractivity contribution is 5.79. The number of phenolic OH excluding ortho intramolecular Hbond substituents is 1. The molecule has 1 aliphatic heterocycles. The van der Waals surface area contributed by atoms with Gasteiger partial charge in [0, 0.05) is 24.6 Å². The minimum Gasteiger partial charge on any atom is -0.508 e. The summed E-state index contributed by atoms with van der Waals surface area (Å²) in [5, 5.41) is 9.69. The summed E-state index contributed by atoms with van der Waals surface area (Å²) >= 11 is 0. The molecule has 1 saturated heterocycles. The number of nitrogens with zero attached hydrogens (tertiary/aromatic N) is 1. The van der Waals surface area contributed by atoms with Crippen LogP contribution in [0.3, 0.4) is 0 Å². The first-order valence-corrected chi connectivity index (χ1v) is 11.1. The number of hydrogen-bond acceptors (Lipinski definition) is 2. The van der Waals surface area contributed by atoms with Crippen molar-refractivity contribution >= 4 is 5.91 Å². The number of phenols is 1. The third kappa shape index (κ3) is 2.37. The molecule has 3 fully saturated rings. The molecule has 3 aliphatic carbocycles. The highest BCUT2D eigenvalue weighted by atomic mass is 16.3. The van der Waals surface area contributed by atoms with E-state index in [9.17, 15) is 9.90 Å². The molecule has 3 nitrogen and oxygen atoms in total. The average molecular weight is 380 g/mol. The molecule has 6 atom stereocenters. The molecular formula is C25H33NO2. The Labute approximate surface area is 168 Å². The molecule has 0 bridgehead atoms. The lowest BCUT2D eigenvalue weighted by Gasteiger charge is -2.58. The molecule has 0 radical (unpaired) electrons. The van der Waals surface area contributed by atoms with Crippen LogP contribution in [0.25, 0.3) is 0 Å². The predicted molar refractivity (Wildman–Crippen MR) is 111 cm³/mol. The first-order chi connectivity index (χ1) is 13.3. The number of piperidine rings is 1. The summed E-state index contributed by atoms with van der Waals surface area (Å²) in [5.74, 6) is 3.48. The molecule has 150 valence electrons. The second-order valence-electron chi connectivity index (χ2n) is 10.3. The Balaban J connectivity index is 1.47.